The van der Waals surface area contributed by atoms with E-state index in [4.69, 9.17) is 31.0 Å². The summed E-state index contributed by atoms with van der Waals surface area (Å²) < 4.78 is 4.24. The highest BCUT2D eigenvalue weighted by Crippen LogP contribution is 2.07. The lowest BCUT2D eigenvalue weighted by Crippen LogP contribution is -2.26. The summed E-state index contributed by atoms with van der Waals surface area (Å²) in [6.07, 6.45) is 0. The summed E-state index contributed by atoms with van der Waals surface area (Å²) in [5.74, 6) is -0.612. The highest BCUT2D eigenvalue weighted by Gasteiger charge is 2.20. The van der Waals surface area contributed by atoms with Gasteiger partial charge in [0.2, 0.25) is 0 Å². The Labute approximate surface area is 64.9 Å². The fourth-order valence-corrected chi connectivity index (χ4v) is 0.435. The summed E-state index contributed by atoms with van der Waals surface area (Å²) >= 11 is 10.6. The third kappa shape index (κ3) is 2.97. The van der Waals surface area contributed by atoms with E-state index in [0.29, 0.717) is 0 Å². The average molecular weight is 167 g/mol. The predicted octanol–water partition coefficient (Wildman–Crippen LogP) is 0.500. The molecule has 0 aromatic heterocycles. The van der Waals surface area contributed by atoms with Crippen LogP contribution >= 0.6 is 23.2 Å². The van der Waals surface area contributed by atoms with Gasteiger partial charge in [-0.05, 0) is 0 Å². The van der Waals surface area contributed by atoms with Gasteiger partial charge in [0.25, 0.3) is 0 Å². The molecule has 0 spiro atoms. The molecule has 0 bridgehead atoms. The topological polar surface area (TPSA) is 26.3 Å². The Kier molecular flexibility index (Phi) is 4.07. The molecule has 0 aliphatic rings. The second-order valence-corrected chi connectivity index (χ2v) is 2.34. The first-order valence-electron chi connectivity index (χ1n) is 2.21. The number of alkyl halides is 2. The second-order valence-electron chi connectivity index (χ2n) is 1.37. The largest absolute Gasteiger partial charge is 0.468 e. The predicted molar refractivity (Wildman–Crippen MR) is 37.1 cm³/mol. The standard InChI is InChI=1S/C4H5BCl2O2/c1-9-4(8)2(6)3(5)7/h2-3H,1H3. The number of carbonyl (C=O) groups excluding carboxylic acids is 1. The van der Waals surface area contributed by atoms with Gasteiger partial charge in [-0.15, -0.1) is 23.2 Å². The number of hydrogen-bond donors (Lipinski definition) is 0. The van der Waals surface area contributed by atoms with Crippen LogP contribution in [0, 0.1) is 0 Å². The van der Waals surface area contributed by atoms with Crippen molar-refractivity contribution in [3.8, 4) is 0 Å². The van der Waals surface area contributed by atoms with Crippen molar-refractivity contribution in [3.05, 3.63) is 0 Å². The normalized spacial score (nSPS) is 16.3. The van der Waals surface area contributed by atoms with Crippen LogP contribution in [-0.2, 0) is 9.53 Å². The molecule has 2 atom stereocenters. The second kappa shape index (κ2) is 4.02. The van der Waals surface area contributed by atoms with Gasteiger partial charge >= 0.3 is 5.97 Å². The number of ether oxygens (including phenoxy) is 1. The zero-order chi connectivity index (χ0) is 7.44. The maximum atomic E-state index is 10.4. The van der Waals surface area contributed by atoms with Gasteiger partial charge < -0.3 is 4.74 Å². The molecule has 0 aromatic carbocycles. The van der Waals surface area contributed by atoms with E-state index >= 15 is 0 Å². The van der Waals surface area contributed by atoms with Crippen LogP contribution in [0.15, 0.2) is 0 Å². The molecule has 50 valence electrons. The summed E-state index contributed by atoms with van der Waals surface area (Å²) in [7, 11) is 6.26. The van der Waals surface area contributed by atoms with Crippen molar-refractivity contribution < 1.29 is 9.53 Å². The molecule has 0 fully saturated rings. The van der Waals surface area contributed by atoms with Gasteiger partial charge in [0.1, 0.15) is 5.38 Å². The zero-order valence-corrected chi connectivity index (χ0v) is 6.32. The highest BCUT2D eigenvalue weighted by atomic mass is 35.5. The average Bonchev–Trinajstić information content (AvgIpc) is 1.84. The van der Waals surface area contributed by atoms with Crippen molar-refractivity contribution in [2.45, 2.75) is 10.7 Å². The molecule has 0 heterocycles. The number of rotatable bonds is 2. The van der Waals surface area contributed by atoms with Crippen LogP contribution in [0.2, 0.25) is 0 Å². The highest BCUT2D eigenvalue weighted by molar-refractivity contribution is 6.48. The molecule has 0 N–H and O–H groups in total. The van der Waals surface area contributed by atoms with Crippen molar-refractivity contribution in [3.63, 3.8) is 0 Å². The van der Waals surface area contributed by atoms with Gasteiger partial charge in [-0.2, -0.15) is 0 Å². The molecule has 2 radical (unpaired) electrons. The Morgan fingerprint density at radius 2 is 2.11 bits per heavy atom. The fraction of sp³-hybridized carbons (Fsp3) is 0.750. The van der Waals surface area contributed by atoms with Crippen LogP contribution < -0.4 is 0 Å². The smallest absolute Gasteiger partial charge is 0.324 e. The van der Waals surface area contributed by atoms with Crippen molar-refractivity contribution in [1.82, 2.24) is 0 Å². The first-order chi connectivity index (χ1) is 4.09. The van der Waals surface area contributed by atoms with Gasteiger partial charge in [0, 0.05) is 5.28 Å². The lowest BCUT2D eigenvalue weighted by molar-refractivity contribution is -0.139. The van der Waals surface area contributed by atoms with E-state index in [-0.39, 0.29) is 0 Å². The summed E-state index contributed by atoms with van der Waals surface area (Å²) in [5.41, 5.74) is 0. The van der Waals surface area contributed by atoms with Crippen molar-refractivity contribution in [2.75, 3.05) is 7.11 Å². The molecule has 0 rings (SSSR count). The number of carbonyl (C=O) groups is 1. The third-order valence-electron chi connectivity index (χ3n) is 0.706. The number of methoxy groups -OCH3 is 1. The molecule has 0 aliphatic heterocycles. The Balaban J connectivity index is 3.72. The molecule has 9 heavy (non-hydrogen) atoms. The minimum atomic E-state index is -0.961. The zero-order valence-electron chi connectivity index (χ0n) is 4.80. The van der Waals surface area contributed by atoms with Crippen molar-refractivity contribution >= 4 is 37.0 Å². The van der Waals surface area contributed by atoms with Crippen LogP contribution in [-0.4, -0.2) is 31.6 Å². The van der Waals surface area contributed by atoms with E-state index in [1.807, 2.05) is 0 Å². The summed E-state index contributed by atoms with van der Waals surface area (Å²) in [5, 5.41) is -1.85. The first kappa shape index (κ1) is 9.11. The molecule has 0 saturated heterocycles. The van der Waals surface area contributed by atoms with Crippen molar-refractivity contribution in [2.24, 2.45) is 0 Å². The van der Waals surface area contributed by atoms with E-state index in [2.05, 4.69) is 4.74 Å². The Bertz CT molecular complexity index is 107. The van der Waals surface area contributed by atoms with Crippen molar-refractivity contribution in [1.29, 1.82) is 0 Å². The van der Waals surface area contributed by atoms with Gasteiger partial charge in [0.05, 0.1) is 15.0 Å². The minimum absolute atomic E-state index is 0.612. The van der Waals surface area contributed by atoms with E-state index in [1.165, 1.54) is 7.11 Å². The van der Waals surface area contributed by atoms with Gasteiger partial charge in [0.15, 0.2) is 0 Å². The van der Waals surface area contributed by atoms with E-state index in [0.717, 1.165) is 0 Å². The minimum Gasteiger partial charge on any atom is -0.468 e. The van der Waals surface area contributed by atoms with Crippen LogP contribution in [0.25, 0.3) is 0 Å². The van der Waals surface area contributed by atoms with E-state index in [9.17, 15) is 4.79 Å². The SMILES string of the molecule is [B]C(Cl)C(Cl)C(=O)OC. The summed E-state index contributed by atoms with van der Waals surface area (Å²) in [6, 6.07) is 0. The molecule has 2 unspecified atom stereocenters. The molecular weight excluding hydrogens is 162 g/mol. The monoisotopic (exact) mass is 166 g/mol. The summed E-state index contributed by atoms with van der Waals surface area (Å²) in [6.45, 7) is 0. The first-order valence-corrected chi connectivity index (χ1v) is 3.08. The van der Waals surface area contributed by atoms with Gasteiger partial charge in [-0.1, -0.05) is 0 Å². The Hall–Kier alpha value is 0.115. The maximum Gasteiger partial charge on any atom is 0.324 e. The molecule has 5 heteroatoms. The molecule has 0 aromatic rings. The van der Waals surface area contributed by atoms with Gasteiger partial charge in [-0.25, -0.2) is 0 Å². The third-order valence-corrected chi connectivity index (χ3v) is 1.54. The Morgan fingerprint density at radius 3 is 2.22 bits per heavy atom. The summed E-state index contributed by atoms with van der Waals surface area (Å²) in [4.78, 5) is 10.4. The lowest BCUT2D eigenvalue weighted by atomic mass is 10.0. The number of hydrogen-bond acceptors (Lipinski definition) is 2. The molecule has 0 saturated carbocycles. The van der Waals surface area contributed by atoms with Crippen LogP contribution in [0.5, 0.6) is 0 Å². The Morgan fingerprint density at radius 1 is 1.67 bits per heavy atom. The number of halogens is 2. The van der Waals surface area contributed by atoms with Crippen LogP contribution in [0.1, 0.15) is 0 Å². The molecule has 2 nitrogen and oxygen atoms in total. The van der Waals surface area contributed by atoms with E-state index in [1.54, 1.807) is 0 Å². The van der Waals surface area contributed by atoms with Crippen LogP contribution in [0.3, 0.4) is 0 Å². The lowest BCUT2D eigenvalue weighted by Gasteiger charge is -2.07. The fourth-order valence-electron chi connectivity index (χ4n) is 0.243. The molecule has 0 aliphatic carbocycles. The quantitative estimate of drug-likeness (QED) is 0.340. The molecule has 0 amide bonds. The maximum absolute atomic E-state index is 10.4. The van der Waals surface area contributed by atoms with Gasteiger partial charge in [-0.3, -0.25) is 4.79 Å². The van der Waals surface area contributed by atoms with E-state index < -0.39 is 16.6 Å². The molecular formula is C4H5BCl2O2. The number of esters is 1. The van der Waals surface area contributed by atoms with Crippen LogP contribution in [0.4, 0.5) is 0 Å².